The third kappa shape index (κ3) is 4.08. The number of benzene rings is 1. The fourth-order valence-corrected chi connectivity index (χ4v) is 4.82. The van der Waals surface area contributed by atoms with Gasteiger partial charge in [-0.1, -0.05) is 55.2 Å². The fraction of sp³-hybridized carbons (Fsp3) is 0.250. The highest BCUT2D eigenvalue weighted by atomic mass is 35.5. The Kier molecular flexibility index (Phi) is 5.91. The van der Waals surface area contributed by atoms with Crippen molar-refractivity contribution in [3.63, 3.8) is 0 Å². The molecule has 7 nitrogen and oxygen atoms in total. The second kappa shape index (κ2) is 8.54. The number of nitriles is 1. The Bertz CT molecular complexity index is 1280. The van der Waals surface area contributed by atoms with Crippen LogP contribution in [0.5, 0.6) is 0 Å². The van der Waals surface area contributed by atoms with E-state index in [4.69, 9.17) is 28.9 Å². The third-order valence-corrected chi connectivity index (χ3v) is 6.46. The number of Topliss-reactive ketones (excluding diaryl/α,β-unsaturated/α-hetero) is 1. The van der Waals surface area contributed by atoms with E-state index in [9.17, 15) is 14.9 Å². The number of ketones is 1. The molecule has 2 aliphatic rings. The number of halogens is 2. The molecule has 168 valence electrons. The number of nitrogens with two attached hydrogens (primary N) is 1. The van der Waals surface area contributed by atoms with E-state index in [1.165, 1.54) is 17.3 Å². The van der Waals surface area contributed by atoms with Crippen molar-refractivity contribution in [1.82, 2.24) is 15.4 Å². The monoisotopic (exact) mass is 481 g/mol. The smallest absolute Gasteiger partial charge is 0.273 e. The summed E-state index contributed by atoms with van der Waals surface area (Å²) in [5.74, 6) is -1.38. The lowest BCUT2D eigenvalue weighted by Gasteiger charge is -2.43. The Labute approximate surface area is 201 Å². The van der Waals surface area contributed by atoms with Crippen LogP contribution in [0.15, 0.2) is 65.3 Å². The number of nitrogens with zero attached hydrogens (tertiary/aromatic N) is 3. The van der Waals surface area contributed by atoms with Gasteiger partial charge in [0.05, 0.1) is 28.8 Å². The number of amides is 1. The quantitative estimate of drug-likeness (QED) is 0.625. The molecule has 0 spiro atoms. The minimum Gasteiger partial charge on any atom is -0.383 e. The van der Waals surface area contributed by atoms with Crippen LogP contribution < -0.4 is 11.2 Å². The number of hydrogen-bond acceptors (Lipinski definition) is 6. The van der Waals surface area contributed by atoms with Gasteiger partial charge in [0.2, 0.25) is 0 Å². The van der Waals surface area contributed by atoms with Gasteiger partial charge < -0.3 is 5.73 Å². The van der Waals surface area contributed by atoms with Crippen LogP contribution in [-0.2, 0) is 4.79 Å². The predicted octanol–water partition coefficient (Wildman–Crippen LogP) is 4.47. The highest BCUT2D eigenvalue weighted by molar-refractivity contribution is 6.32. The highest BCUT2D eigenvalue weighted by Crippen LogP contribution is 2.49. The molecule has 0 radical (unpaired) electrons. The number of rotatable bonds is 3. The molecule has 1 aromatic carbocycles. The molecule has 1 aliphatic carbocycles. The molecule has 1 aliphatic heterocycles. The summed E-state index contributed by atoms with van der Waals surface area (Å²) in [6.45, 7) is 3.94. The number of nitrogens with one attached hydrogen (secondary N) is 1. The molecule has 1 unspecified atom stereocenters. The van der Waals surface area contributed by atoms with Crippen molar-refractivity contribution in [2.75, 3.05) is 0 Å². The highest BCUT2D eigenvalue weighted by Gasteiger charge is 2.45. The Hall–Kier alpha value is -3.34. The topological polar surface area (TPSA) is 112 Å². The summed E-state index contributed by atoms with van der Waals surface area (Å²) in [5.41, 5.74) is 10.6. The van der Waals surface area contributed by atoms with Crippen molar-refractivity contribution >= 4 is 34.9 Å². The van der Waals surface area contributed by atoms with Crippen LogP contribution in [0.3, 0.4) is 0 Å². The molecule has 1 atom stereocenters. The van der Waals surface area contributed by atoms with Gasteiger partial charge in [0.1, 0.15) is 11.0 Å². The van der Waals surface area contributed by atoms with Crippen LogP contribution in [-0.4, -0.2) is 21.7 Å². The molecule has 0 saturated heterocycles. The predicted molar refractivity (Wildman–Crippen MR) is 125 cm³/mol. The summed E-state index contributed by atoms with van der Waals surface area (Å²) in [6, 6.07) is 12.3. The SMILES string of the molecule is CC1(C)CC(=O)C2=C(C1)N(NC(=O)c1cccnc1Cl)C(N)=C(C#N)C2c1ccccc1Cl. The van der Waals surface area contributed by atoms with E-state index in [-0.39, 0.29) is 33.3 Å². The summed E-state index contributed by atoms with van der Waals surface area (Å²) in [4.78, 5) is 30.4. The van der Waals surface area contributed by atoms with Gasteiger partial charge in [0, 0.05) is 23.2 Å². The standard InChI is InChI=1S/C24H21Cl2N5O2/c1-24(2)10-17-20(18(32)11-24)19(13-6-3-4-8-16(13)25)15(12-27)22(28)31(17)30-23(33)14-7-5-9-29-21(14)26/h3-9,19H,10-11,28H2,1-2H3,(H,30,33). The summed E-state index contributed by atoms with van der Waals surface area (Å²) in [7, 11) is 0. The molecule has 1 amide bonds. The molecule has 1 aromatic heterocycles. The molecular formula is C24H21Cl2N5O2. The molecule has 2 aromatic rings. The van der Waals surface area contributed by atoms with Crippen LogP contribution >= 0.6 is 23.2 Å². The lowest BCUT2D eigenvalue weighted by Crippen LogP contribution is -2.50. The average molecular weight is 482 g/mol. The average Bonchev–Trinajstić information content (AvgIpc) is 2.75. The molecule has 0 saturated carbocycles. The Balaban J connectivity index is 1.89. The van der Waals surface area contributed by atoms with E-state index < -0.39 is 11.8 Å². The van der Waals surface area contributed by atoms with E-state index in [2.05, 4.69) is 16.5 Å². The van der Waals surface area contributed by atoms with Crippen LogP contribution in [0.1, 0.15) is 48.5 Å². The summed E-state index contributed by atoms with van der Waals surface area (Å²) in [5, 5.41) is 11.8. The zero-order valence-electron chi connectivity index (χ0n) is 18.0. The van der Waals surface area contributed by atoms with Crippen LogP contribution in [0, 0.1) is 16.7 Å². The van der Waals surface area contributed by atoms with Crippen molar-refractivity contribution in [3.05, 3.63) is 86.6 Å². The normalized spacial score (nSPS) is 19.8. The maximum Gasteiger partial charge on any atom is 0.273 e. The largest absolute Gasteiger partial charge is 0.383 e. The van der Waals surface area contributed by atoms with Gasteiger partial charge in [-0.25, -0.2) is 9.99 Å². The van der Waals surface area contributed by atoms with Crippen LogP contribution in [0.25, 0.3) is 0 Å². The van der Waals surface area contributed by atoms with Crippen molar-refractivity contribution < 1.29 is 9.59 Å². The lowest BCUT2D eigenvalue weighted by atomic mass is 9.69. The zero-order valence-corrected chi connectivity index (χ0v) is 19.5. The summed E-state index contributed by atoms with van der Waals surface area (Å²) >= 11 is 12.6. The van der Waals surface area contributed by atoms with E-state index in [0.29, 0.717) is 34.7 Å². The first kappa shape index (κ1) is 22.8. The second-order valence-corrected chi connectivity index (χ2v) is 9.55. The number of pyridine rings is 1. The van der Waals surface area contributed by atoms with E-state index in [1.54, 1.807) is 30.3 Å². The molecule has 0 bridgehead atoms. The maximum atomic E-state index is 13.4. The first-order valence-electron chi connectivity index (χ1n) is 10.3. The van der Waals surface area contributed by atoms with Gasteiger partial charge in [0.25, 0.3) is 5.91 Å². The third-order valence-electron chi connectivity index (χ3n) is 5.81. The van der Waals surface area contributed by atoms with E-state index in [1.807, 2.05) is 13.8 Å². The Morgan fingerprint density at radius 3 is 2.64 bits per heavy atom. The molecular weight excluding hydrogens is 461 g/mol. The van der Waals surface area contributed by atoms with Crippen molar-refractivity contribution in [2.45, 2.75) is 32.6 Å². The minimum absolute atomic E-state index is 0.0262. The fourth-order valence-electron chi connectivity index (χ4n) is 4.37. The number of aromatic nitrogens is 1. The van der Waals surface area contributed by atoms with Crippen LogP contribution in [0.4, 0.5) is 0 Å². The number of carbonyl (C=O) groups excluding carboxylic acids is 2. The van der Waals surface area contributed by atoms with Gasteiger partial charge in [-0.3, -0.25) is 15.0 Å². The first-order valence-corrected chi connectivity index (χ1v) is 11.0. The summed E-state index contributed by atoms with van der Waals surface area (Å²) < 4.78 is 0. The molecule has 33 heavy (non-hydrogen) atoms. The lowest BCUT2D eigenvalue weighted by molar-refractivity contribution is -0.118. The minimum atomic E-state index is -0.725. The molecule has 4 rings (SSSR count). The number of hydrogen-bond donors (Lipinski definition) is 2. The maximum absolute atomic E-state index is 13.4. The van der Waals surface area contributed by atoms with Gasteiger partial charge in [-0.15, -0.1) is 0 Å². The molecule has 3 N–H and O–H groups in total. The van der Waals surface area contributed by atoms with Gasteiger partial charge in [-0.05, 0) is 35.6 Å². The van der Waals surface area contributed by atoms with Gasteiger partial charge in [-0.2, -0.15) is 5.26 Å². The second-order valence-electron chi connectivity index (χ2n) is 8.78. The summed E-state index contributed by atoms with van der Waals surface area (Å²) in [6.07, 6.45) is 2.22. The zero-order chi connectivity index (χ0) is 23.9. The Morgan fingerprint density at radius 2 is 1.97 bits per heavy atom. The number of allylic oxidation sites excluding steroid dienone is 3. The van der Waals surface area contributed by atoms with Gasteiger partial charge >= 0.3 is 0 Å². The van der Waals surface area contributed by atoms with Crippen LogP contribution in [0.2, 0.25) is 10.2 Å². The van der Waals surface area contributed by atoms with Gasteiger partial charge in [0.15, 0.2) is 5.78 Å². The first-order chi connectivity index (χ1) is 15.6. The van der Waals surface area contributed by atoms with Crippen molar-refractivity contribution in [3.8, 4) is 6.07 Å². The van der Waals surface area contributed by atoms with Crippen molar-refractivity contribution in [1.29, 1.82) is 5.26 Å². The molecule has 0 fully saturated rings. The van der Waals surface area contributed by atoms with Crippen molar-refractivity contribution in [2.24, 2.45) is 11.1 Å². The number of hydrazine groups is 1. The number of carbonyl (C=O) groups is 2. The molecule has 2 heterocycles. The Morgan fingerprint density at radius 1 is 1.24 bits per heavy atom. The van der Waals surface area contributed by atoms with E-state index >= 15 is 0 Å². The van der Waals surface area contributed by atoms with E-state index in [0.717, 1.165) is 0 Å². The molecule has 9 heteroatoms.